The van der Waals surface area contributed by atoms with Gasteiger partial charge in [0.05, 0.1) is 13.0 Å². The van der Waals surface area contributed by atoms with E-state index in [0.717, 1.165) is 38.4 Å². The van der Waals surface area contributed by atoms with E-state index in [1.54, 1.807) is 0 Å². The third kappa shape index (κ3) is 2.74. The summed E-state index contributed by atoms with van der Waals surface area (Å²) >= 11 is 0. The molecule has 2 saturated heterocycles. The third-order valence-corrected chi connectivity index (χ3v) is 3.93. The van der Waals surface area contributed by atoms with Gasteiger partial charge in [-0.1, -0.05) is 0 Å². The highest BCUT2D eigenvalue weighted by atomic mass is 16.5. The first-order valence-corrected chi connectivity index (χ1v) is 6.33. The summed E-state index contributed by atoms with van der Waals surface area (Å²) in [5, 5.41) is 6.94. The molecule has 2 atom stereocenters. The Bertz CT molecular complexity index is 239. The number of esters is 1. The van der Waals surface area contributed by atoms with Crippen LogP contribution in [0.4, 0.5) is 0 Å². The number of carbonyl (C=O) groups is 1. The molecule has 2 N–H and O–H groups in total. The highest BCUT2D eigenvalue weighted by molar-refractivity contribution is 5.72. The predicted octanol–water partition coefficient (Wildman–Crippen LogP) is 0.527. The fraction of sp³-hybridized carbons (Fsp3) is 0.917. The molecule has 0 aromatic heterocycles. The third-order valence-electron chi connectivity index (χ3n) is 3.93. The standard InChI is InChI=1S/C12H22N2O2/c1-16-12(15)10-4-7-14-11(8-10)9-2-5-13-6-3-9/h9-11,13-14H,2-8H2,1H3. The topological polar surface area (TPSA) is 50.4 Å². The van der Waals surface area contributed by atoms with E-state index in [2.05, 4.69) is 10.6 Å². The van der Waals surface area contributed by atoms with E-state index in [0.29, 0.717) is 6.04 Å². The van der Waals surface area contributed by atoms with Crippen LogP contribution in [-0.2, 0) is 9.53 Å². The second kappa shape index (κ2) is 5.64. The Morgan fingerprint density at radius 2 is 1.94 bits per heavy atom. The first kappa shape index (κ1) is 11.9. The molecule has 2 aliphatic heterocycles. The van der Waals surface area contributed by atoms with E-state index in [1.165, 1.54) is 20.0 Å². The number of carbonyl (C=O) groups excluding carboxylic acids is 1. The van der Waals surface area contributed by atoms with Crippen LogP contribution in [0.2, 0.25) is 0 Å². The van der Waals surface area contributed by atoms with Crippen molar-refractivity contribution in [3.63, 3.8) is 0 Å². The van der Waals surface area contributed by atoms with Crippen molar-refractivity contribution in [1.82, 2.24) is 10.6 Å². The van der Waals surface area contributed by atoms with Gasteiger partial charge in [-0.05, 0) is 51.2 Å². The maximum atomic E-state index is 11.5. The van der Waals surface area contributed by atoms with Crippen LogP contribution < -0.4 is 10.6 Å². The van der Waals surface area contributed by atoms with E-state index in [1.807, 2.05) is 0 Å². The molecule has 16 heavy (non-hydrogen) atoms. The Labute approximate surface area is 97.1 Å². The summed E-state index contributed by atoms with van der Waals surface area (Å²) in [5.74, 6) is 0.820. The molecule has 2 unspecified atom stereocenters. The van der Waals surface area contributed by atoms with Crippen LogP contribution in [0.1, 0.15) is 25.7 Å². The Morgan fingerprint density at radius 3 is 2.62 bits per heavy atom. The molecule has 92 valence electrons. The van der Waals surface area contributed by atoms with Gasteiger partial charge in [-0.25, -0.2) is 0 Å². The summed E-state index contributed by atoms with van der Waals surface area (Å²) in [6.07, 6.45) is 4.34. The highest BCUT2D eigenvalue weighted by Crippen LogP contribution is 2.26. The molecule has 2 rings (SSSR count). The van der Waals surface area contributed by atoms with Crippen LogP contribution in [0.3, 0.4) is 0 Å². The average Bonchev–Trinajstić information content (AvgIpc) is 2.39. The zero-order chi connectivity index (χ0) is 11.4. The quantitative estimate of drug-likeness (QED) is 0.674. The van der Waals surface area contributed by atoms with Crippen LogP contribution in [0.5, 0.6) is 0 Å². The van der Waals surface area contributed by atoms with E-state index in [-0.39, 0.29) is 11.9 Å². The van der Waals surface area contributed by atoms with Crippen molar-refractivity contribution in [2.75, 3.05) is 26.7 Å². The summed E-state index contributed by atoms with van der Waals surface area (Å²) in [6.45, 7) is 3.19. The van der Waals surface area contributed by atoms with Crippen molar-refractivity contribution >= 4 is 5.97 Å². The number of hydrogen-bond acceptors (Lipinski definition) is 4. The monoisotopic (exact) mass is 226 g/mol. The van der Waals surface area contributed by atoms with Gasteiger partial charge in [0, 0.05) is 6.04 Å². The van der Waals surface area contributed by atoms with Crippen LogP contribution in [0.25, 0.3) is 0 Å². The molecule has 0 aliphatic carbocycles. The van der Waals surface area contributed by atoms with Gasteiger partial charge in [-0.2, -0.15) is 0 Å². The fourth-order valence-electron chi connectivity index (χ4n) is 2.94. The van der Waals surface area contributed by atoms with Gasteiger partial charge in [0.15, 0.2) is 0 Å². The molecular weight excluding hydrogens is 204 g/mol. The molecule has 0 amide bonds. The predicted molar refractivity (Wildman–Crippen MR) is 62.1 cm³/mol. The zero-order valence-electron chi connectivity index (χ0n) is 10.00. The number of rotatable bonds is 2. The summed E-state index contributed by atoms with van der Waals surface area (Å²) in [4.78, 5) is 11.5. The van der Waals surface area contributed by atoms with Crippen LogP contribution in [-0.4, -0.2) is 38.8 Å². The van der Waals surface area contributed by atoms with Crippen molar-refractivity contribution in [2.45, 2.75) is 31.7 Å². The zero-order valence-corrected chi connectivity index (χ0v) is 10.00. The minimum Gasteiger partial charge on any atom is -0.469 e. The average molecular weight is 226 g/mol. The highest BCUT2D eigenvalue weighted by Gasteiger charge is 2.32. The van der Waals surface area contributed by atoms with Gasteiger partial charge in [0.2, 0.25) is 0 Å². The van der Waals surface area contributed by atoms with Crippen molar-refractivity contribution in [3.8, 4) is 0 Å². The molecule has 2 fully saturated rings. The van der Waals surface area contributed by atoms with E-state index < -0.39 is 0 Å². The lowest BCUT2D eigenvalue weighted by molar-refractivity contribution is -0.146. The molecule has 4 heteroatoms. The maximum absolute atomic E-state index is 11.5. The van der Waals surface area contributed by atoms with Gasteiger partial charge in [-0.3, -0.25) is 4.79 Å². The first-order valence-electron chi connectivity index (χ1n) is 6.33. The first-order chi connectivity index (χ1) is 7.81. The Hall–Kier alpha value is -0.610. The van der Waals surface area contributed by atoms with Crippen LogP contribution in [0.15, 0.2) is 0 Å². The summed E-state index contributed by atoms with van der Waals surface area (Å²) in [5.41, 5.74) is 0. The van der Waals surface area contributed by atoms with Gasteiger partial charge in [0.25, 0.3) is 0 Å². The maximum Gasteiger partial charge on any atom is 0.308 e. The number of nitrogens with one attached hydrogen (secondary N) is 2. The van der Waals surface area contributed by atoms with E-state index in [4.69, 9.17) is 4.74 Å². The lowest BCUT2D eigenvalue weighted by Crippen LogP contribution is -2.47. The molecule has 0 spiro atoms. The number of hydrogen-bond donors (Lipinski definition) is 2. The van der Waals surface area contributed by atoms with Gasteiger partial charge in [0.1, 0.15) is 0 Å². The summed E-state index contributed by atoms with van der Waals surface area (Å²) in [7, 11) is 1.49. The Morgan fingerprint density at radius 1 is 1.19 bits per heavy atom. The van der Waals surface area contributed by atoms with Crippen LogP contribution in [0, 0.1) is 11.8 Å². The number of ether oxygens (including phenoxy) is 1. The lowest BCUT2D eigenvalue weighted by Gasteiger charge is -2.36. The largest absolute Gasteiger partial charge is 0.469 e. The summed E-state index contributed by atoms with van der Waals surface area (Å²) in [6, 6.07) is 0.514. The second-order valence-corrected chi connectivity index (χ2v) is 4.89. The Kier molecular flexibility index (Phi) is 4.18. The smallest absolute Gasteiger partial charge is 0.308 e. The molecule has 2 heterocycles. The number of piperidine rings is 2. The lowest BCUT2D eigenvalue weighted by atomic mass is 9.81. The van der Waals surface area contributed by atoms with E-state index >= 15 is 0 Å². The molecule has 0 saturated carbocycles. The van der Waals surface area contributed by atoms with Gasteiger partial charge < -0.3 is 15.4 Å². The SMILES string of the molecule is COC(=O)C1CCNC(C2CCNCC2)C1. The minimum atomic E-state index is -0.0274. The van der Waals surface area contributed by atoms with Crippen molar-refractivity contribution in [1.29, 1.82) is 0 Å². The molecule has 0 bridgehead atoms. The van der Waals surface area contributed by atoms with Crippen LogP contribution >= 0.6 is 0 Å². The molecular formula is C12H22N2O2. The second-order valence-electron chi connectivity index (χ2n) is 4.89. The number of methoxy groups -OCH3 is 1. The molecule has 0 radical (unpaired) electrons. The van der Waals surface area contributed by atoms with Crippen molar-refractivity contribution in [3.05, 3.63) is 0 Å². The van der Waals surface area contributed by atoms with Gasteiger partial charge in [-0.15, -0.1) is 0 Å². The normalized spacial score (nSPS) is 32.3. The summed E-state index contributed by atoms with van der Waals surface area (Å²) < 4.78 is 4.85. The molecule has 0 aromatic carbocycles. The minimum absolute atomic E-state index is 0.0274. The fourth-order valence-corrected chi connectivity index (χ4v) is 2.94. The van der Waals surface area contributed by atoms with E-state index in [9.17, 15) is 4.79 Å². The van der Waals surface area contributed by atoms with Gasteiger partial charge >= 0.3 is 5.97 Å². The molecule has 0 aromatic rings. The van der Waals surface area contributed by atoms with Crippen molar-refractivity contribution in [2.24, 2.45) is 11.8 Å². The molecule has 4 nitrogen and oxygen atoms in total. The van der Waals surface area contributed by atoms with Crippen molar-refractivity contribution < 1.29 is 9.53 Å². The Balaban J connectivity index is 1.87. The molecule has 2 aliphatic rings.